The maximum Gasteiger partial charge on any atom is 0.147 e. The number of aromatic nitrogens is 3. The van der Waals surface area contributed by atoms with Crippen LogP contribution in [0.2, 0.25) is 5.02 Å². The summed E-state index contributed by atoms with van der Waals surface area (Å²) in [6, 6.07) is 3.76. The van der Waals surface area contributed by atoms with E-state index in [1.165, 1.54) is 0 Å². The first kappa shape index (κ1) is 14.2. The fourth-order valence-electron chi connectivity index (χ4n) is 2.53. The van der Waals surface area contributed by atoms with Gasteiger partial charge < -0.3 is 4.90 Å². The Labute approximate surface area is 129 Å². The van der Waals surface area contributed by atoms with E-state index in [1.807, 2.05) is 18.3 Å². The van der Waals surface area contributed by atoms with Gasteiger partial charge >= 0.3 is 0 Å². The summed E-state index contributed by atoms with van der Waals surface area (Å²) >= 11 is 6.20. The Morgan fingerprint density at radius 2 is 1.90 bits per heavy atom. The average molecular weight is 304 g/mol. The van der Waals surface area contributed by atoms with Crippen molar-refractivity contribution >= 4 is 17.4 Å². The van der Waals surface area contributed by atoms with Gasteiger partial charge in [-0.3, -0.25) is 14.9 Å². The molecule has 5 nitrogen and oxygen atoms in total. The number of hydrogen-bond donors (Lipinski definition) is 0. The van der Waals surface area contributed by atoms with Gasteiger partial charge in [0.15, 0.2) is 0 Å². The van der Waals surface area contributed by atoms with Gasteiger partial charge in [-0.1, -0.05) is 11.6 Å². The second kappa shape index (κ2) is 6.83. The van der Waals surface area contributed by atoms with Crippen LogP contribution in [0.4, 0.5) is 5.82 Å². The molecule has 0 saturated carbocycles. The SMILES string of the molecule is Clc1cccnc1N1CCN(CCc2cnccn2)CC1. The number of pyridine rings is 1. The van der Waals surface area contributed by atoms with Crippen molar-refractivity contribution in [1.82, 2.24) is 19.9 Å². The maximum atomic E-state index is 6.20. The molecule has 0 atom stereocenters. The van der Waals surface area contributed by atoms with Crippen molar-refractivity contribution in [3.63, 3.8) is 0 Å². The van der Waals surface area contributed by atoms with Gasteiger partial charge in [0, 0.05) is 63.9 Å². The monoisotopic (exact) mass is 303 g/mol. The van der Waals surface area contributed by atoms with Crippen LogP contribution in [0.3, 0.4) is 0 Å². The Morgan fingerprint density at radius 1 is 1.05 bits per heavy atom. The molecule has 0 aliphatic carbocycles. The van der Waals surface area contributed by atoms with Crippen molar-refractivity contribution in [2.75, 3.05) is 37.6 Å². The molecule has 1 aliphatic rings. The number of halogens is 1. The Morgan fingerprint density at radius 3 is 2.62 bits per heavy atom. The van der Waals surface area contributed by atoms with Crippen LogP contribution < -0.4 is 4.90 Å². The summed E-state index contributed by atoms with van der Waals surface area (Å²) in [6.07, 6.45) is 8.03. The molecule has 0 N–H and O–H groups in total. The molecule has 0 amide bonds. The molecule has 6 heteroatoms. The van der Waals surface area contributed by atoms with Crippen molar-refractivity contribution in [3.8, 4) is 0 Å². The largest absolute Gasteiger partial charge is 0.353 e. The highest BCUT2D eigenvalue weighted by atomic mass is 35.5. The number of anilines is 1. The summed E-state index contributed by atoms with van der Waals surface area (Å²) in [5, 5.41) is 0.727. The fraction of sp³-hybridized carbons (Fsp3) is 0.400. The Balaban J connectivity index is 1.50. The second-order valence-electron chi connectivity index (χ2n) is 5.08. The molecule has 1 fully saturated rings. The number of hydrogen-bond acceptors (Lipinski definition) is 5. The summed E-state index contributed by atoms with van der Waals surface area (Å²) in [7, 11) is 0. The minimum atomic E-state index is 0.727. The van der Waals surface area contributed by atoms with Gasteiger partial charge in [-0.2, -0.15) is 0 Å². The highest BCUT2D eigenvalue weighted by molar-refractivity contribution is 6.32. The molecule has 0 spiro atoms. The van der Waals surface area contributed by atoms with E-state index in [2.05, 4.69) is 24.8 Å². The molecule has 2 aromatic rings. The first-order valence-corrected chi connectivity index (χ1v) is 7.53. The third-order valence-corrected chi connectivity index (χ3v) is 4.01. The Bertz CT molecular complexity index is 569. The van der Waals surface area contributed by atoms with Crippen LogP contribution in [-0.2, 0) is 6.42 Å². The van der Waals surface area contributed by atoms with Crippen molar-refractivity contribution in [2.45, 2.75) is 6.42 Å². The van der Waals surface area contributed by atoms with E-state index < -0.39 is 0 Å². The predicted molar refractivity (Wildman–Crippen MR) is 83.6 cm³/mol. The number of piperazine rings is 1. The molecule has 0 radical (unpaired) electrons. The van der Waals surface area contributed by atoms with Gasteiger partial charge in [-0.15, -0.1) is 0 Å². The second-order valence-corrected chi connectivity index (χ2v) is 5.49. The lowest BCUT2D eigenvalue weighted by Gasteiger charge is -2.35. The minimum Gasteiger partial charge on any atom is -0.353 e. The molecule has 2 aromatic heterocycles. The van der Waals surface area contributed by atoms with Crippen LogP contribution in [0.5, 0.6) is 0 Å². The molecular formula is C15H18ClN5. The maximum absolute atomic E-state index is 6.20. The van der Waals surface area contributed by atoms with Crippen LogP contribution >= 0.6 is 11.6 Å². The molecule has 110 valence electrons. The first-order valence-electron chi connectivity index (χ1n) is 7.15. The molecule has 0 bridgehead atoms. The van der Waals surface area contributed by atoms with Gasteiger partial charge in [0.05, 0.1) is 10.7 Å². The van der Waals surface area contributed by atoms with E-state index in [-0.39, 0.29) is 0 Å². The van der Waals surface area contributed by atoms with Crippen LogP contribution in [0.1, 0.15) is 5.69 Å². The van der Waals surface area contributed by atoms with Crippen LogP contribution in [-0.4, -0.2) is 52.6 Å². The lowest BCUT2D eigenvalue weighted by molar-refractivity contribution is 0.259. The molecule has 0 unspecified atom stereocenters. The molecule has 21 heavy (non-hydrogen) atoms. The van der Waals surface area contributed by atoms with Crippen molar-refractivity contribution < 1.29 is 0 Å². The van der Waals surface area contributed by atoms with Gasteiger partial charge in [-0.25, -0.2) is 4.98 Å². The zero-order chi connectivity index (χ0) is 14.5. The van der Waals surface area contributed by atoms with Gasteiger partial charge in [-0.05, 0) is 12.1 Å². The van der Waals surface area contributed by atoms with E-state index in [9.17, 15) is 0 Å². The lowest BCUT2D eigenvalue weighted by atomic mass is 10.2. The highest BCUT2D eigenvalue weighted by Gasteiger charge is 2.19. The Hall–Kier alpha value is -1.72. The highest BCUT2D eigenvalue weighted by Crippen LogP contribution is 2.23. The van der Waals surface area contributed by atoms with Crippen molar-refractivity contribution in [3.05, 3.63) is 47.6 Å². The van der Waals surface area contributed by atoms with Gasteiger partial charge in [0.1, 0.15) is 5.82 Å². The summed E-state index contributed by atoms with van der Waals surface area (Å²) in [5.74, 6) is 0.896. The molecule has 1 saturated heterocycles. The number of nitrogens with zero attached hydrogens (tertiary/aromatic N) is 5. The third-order valence-electron chi connectivity index (χ3n) is 3.71. The number of rotatable bonds is 4. The van der Waals surface area contributed by atoms with Crippen LogP contribution in [0.15, 0.2) is 36.9 Å². The van der Waals surface area contributed by atoms with Crippen LogP contribution in [0.25, 0.3) is 0 Å². The zero-order valence-corrected chi connectivity index (χ0v) is 12.6. The summed E-state index contributed by atoms with van der Waals surface area (Å²) in [6.45, 7) is 4.97. The summed E-state index contributed by atoms with van der Waals surface area (Å²) in [4.78, 5) is 17.5. The van der Waals surface area contributed by atoms with Gasteiger partial charge in [0.2, 0.25) is 0 Å². The minimum absolute atomic E-state index is 0.727. The molecule has 1 aliphatic heterocycles. The molecule has 3 rings (SSSR count). The standard InChI is InChI=1S/C15H18ClN5/c16-14-2-1-4-19-15(14)21-10-8-20(9-11-21)7-3-13-12-17-5-6-18-13/h1-2,4-6,12H,3,7-11H2. The van der Waals surface area contributed by atoms with E-state index in [0.717, 1.165) is 55.7 Å². The van der Waals surface area contributed by atoms with E-state index in [1.54, 1.807) is 18.6 Å². The quantitative estimate of drug-likeness (QED) is 0.863. The van der Waals surface area contributed by atoms with Gasteiger partial charge in [0.25, 0.3) is 0 Å². The van der Waals surface area contributed by atoms with Crippen LogP contribution in [0, 0.1) is 0 Å². The van der Waals surface area contributed by atoms with Crippen molar-refractivity contribution in [2.24, 2.45) is 0 Å². The van der Waals surface area contributed by atoms with Crippen molar-refractivity contribution in [1.29, 1.82) is 0 Å². The smallest absolute Gasteiger partial charge is 0.147 e. The van der Waals surface area contributed by atoms with E-state index >= 15 is 0 Å². The average Bonchev–Trinajstić information content (AvgIpc) is 2.55. The predicted octanol–water partition coefficient (Wildman–Crippen LogP) is 1.89. The fourth-order valence-corrected chi connectivity index (χ4v) is 2.77. The molecule has 0 aromatic carbocycles. The summed E-state index contributed by atoms with van der Waals surface area (Å²) < 4.78 is 0. The topological polar surface area (TPSA) is 45.2 Å². The first-order chi connectivity index (χ1) is 10.3. The lowest BCUT2D eigenvalue weighted by Crippen LogP contribution is -2.47. The zero-order valence-electron chi connectivity index (χ0n) is 11.8. The normalized spacial score (nSPS) is 16.1. The molecular weight excluding hydrogens is 286 g/mol. The Kier molecular flexibility index (Phi) is 4.62. The third kappa shape index (κ3) is 3.68. The molecule has 3 heterocycles. The summed E-state index contributed by atoms with van der Waals surface area (Å²) in [5.41, 5.74) is 1.05. The van der Waals surface area contributed by atoms with E-state index in [0.29, 0.717) is 0 Å². The van der Waals surface area contributed by atoms with E-state index in [4.69, 9.17) is 11.6 Å².